The van der Waals surface area contributed by atoms with Crippen LogP contribution in [0.1, 0.15) is 12.8 Å². The van der Waals surface area contributed by atoms with Crippen molar-refractivity contribution >= 4 is 29.4 Å². The highest BCUT2D eigenvalue weighted by Gasteiger charge is 2.26. The largest absolute Gasteiger partial charge is 0.349 e. The number of nitrogens with one attached hydrogen (secondary N) is 1. The molecule has 0 aromatic heterocycles. The van der Waals surface area contributed by atoms with Gasteiger partial charge in [0.1, 0.15) is 0 Å². The van der Waals surface area contributed by atoms with E-state index in [1.165, 1.54) is 6.08 Å². The molecule has 1 aliphatic rings. The summed E-state index contributed by atoms with van der Waals surface area (Å²) in [4.78, 5) is 26.0. The predicted octanol–water partition coefficient (Wildman–Crippen LogP) is 2.62. The minimum absolute atomic E-state index is 0.151. The van der Waals surface area contributed by atoms with Gasteiger partial charge in [0.05, 0.1) is 0 Å². The van der Waals surface area contributed by atoms with Gasteiger partial charge in [0.25, 0.3) is 0 Å². The van der Waals surface area contributed by atoms with Crippen LogP contribution in [-0.2, 0) is 9.59 Å². The average molecular weight is 333 g/mol. The normalized spacial score (nSPS) is 15.9. The first-order valence-corrected chi connectivity index (χ1v) is 8.44. The molecule has 0 atom stereocenters. The number of hydrogen-bond donors (Lipinski definition) is 1. The molecule has 1 aromatic carbocycles. The molecule has 1 heterocycles. The van der Waals surface area contributed by atoms with Gasteiger partial charge in [-0.05, 0) is 55.1 Å². The van der Waals surface area contributed by atoms with E-state index in [9.17, 15) is 9.59 Å². The van der Waals surface area contributed by atoms with E-state index < -0.39 is 0 Å². The number of rotatable bonds is 5. The Morgan fingerprint density at radius 1 is 1.26 bits per heavy atom. The Morgan fingerprint density at radius 3 is 2.39 bits per heavy atom. The van der Waals surface area contributed by atoms with E-state index in [4.69, 9.17) is 0 Å². The van der Waals surface area contributed by atoms with Gasteiger partial charge < -0.3 is 10.2 Å². The summed E-state index contributed by atoms with van der Waals surface area (Å²) in [5.41, 5.74) is 0.759. The standard InChI is InChI=1S/C17H23N3O2S/c1-4-16(21)18-14-5-7-15(8-6-14)23-20-11-9-13(10-12-20)17(22)19(2)3/h4-8,13H,1,9-12H2,2-3H3,(H,18,21). The highest BCUT2D eigenvalue weighted by atomic mass is 32.2. The number of nitrogens with zero attached hydrogens (tertiary/aromatic N) is 2. The second-order valence-electron chi connectivity index (χ2n) is 5.74. The molecule has 1 aromatic rings. The van der Waals surface area contributed by atoms with Crippen LogP contribution in [0.3, 0.4) is 0 Å². The highest BCUT2D eigenvalue weighted by Crippen LogP contribution is 2.29. The maximum absolute atomic E-state index is 12.0. The Balaban J connectivity index is 1.83. The molecule has 0 spiro atoms. The number of anilines is 1. The first kappa shape index (κ1) is 17.6. The lowest BCUT2D eigenvalue weighted by molar-refractivity contribution is -0.134. The van der Waals surface area contributed by atoms with Crippen molar-refractivity contribution in [1.29, 1.82) is 0 Å². The molecule has 0 radical (unpaired) electrons. The summed E-state index contributed by atoms with van der Waals surface area (Å²) < 4.78 is 2.29. The third-order valence-corrected chi connectivity index (χ3v) is 4.89. The van der Waals surface area contributed by atoms with Gasteiger partial charge in [-0.2, -0.15) is 0 Å². The van der Waals surface area contributed by atoms with Crippen molar-refractivity contribution in [3.05, 3.63) is 36.9 Å². The molecule has 1 N–H and O–H groups in total. The van der Waals surface area contributed by atoms with Gasteiger partial charge in [0, 0.05) is 43.7 Å². The molecule has 5 nitrogen and oxygen atoms in total. The maximum Gasteiger partial charge on any atom is 0.247 e. The molecular formula is C17H23N3O2S. The fraction of sp³-hybridized carbons (Fsp3) is 0.412. The number of benzene rings is 1. The van der Waals surface area contributed by atoms with Crippen LogP contribution in [-0.4, -0.2) is 48.2 Å². The Labute approximate surface area is 141 Å². The van der Waals surface area contributed by atoms with E-state index >= 15 is 0 Å². The number of carbonyl (C=O) groups excluding carboxylic acids is 2. The molecule has 1 saturated heterocycles. The van der Waals surface area contributed by atoms with Crippen LogP contribution >= 0.6 is 11.9 Å². The third-order valence-electron chi connectivity index (χ3n) is 3.79. The first-order valence-electron chi connectivity index (χ1n) is 7.67. The number of piperidine rings is 1. The Kier molecular flexibility index (Phi) is 6.24. The van der Waals surface area contributed by atoms with Crippen LogP contribution in [0.2, 0.25) is 0 Å². The second-order valence-corrected chi connectivity index (χ2v) is 6.92. The lowest BCUT2D eigenvalue weighted by atomic mass is 9.97. The fourth-order valence-electron chi connectivity index (χ4n) is 2.50. The Hall–Kier alpha value is -1.79. The van der Waals surface area contributed by atoms with Crippen LogP contribution in [0.25, 0.3) is 0 Å². The van der Waals surface area contributed by atoms with Gasteiger partial charge in [-0.25, -0.2) is 4.31 Å². The molecule has 2 rings (SSSR count). The predicted molar refractivity (Wildman–Crippen MR) is 94.1 cm³/mol. The zero-order chi connectivity index (χ0) is 16.8. The Morgan fingerprint density at radius 2 is 1.87 bits per heavy atom. The number of amides is 2. The average Bonchev–Trinajstić information content (AvgIpc) is 2.56. The van der Waals surface area contributed by atoms with Crippen molar-refractivity contribution < 1.29 is 9.59 Å². The van der Waals surface area contributed by atoms with E-state index in [2.05, 4.69) is 16.2 Å². The van der Waals surface area contributed by atoms with E-state index in [1.807, 2.05) is 38.4 Å². The summed E-state index contributed by atoms with van der Waals surface area (Å²) in [5, 5.41) is 2.73. The van der Waals surface area contributed by atoms with Crippen LogP contribution < -0.4 is 5.32 Å². The van der Waals surface area contributed by atoms with Gasteiger partial charge in [-0.1, -0.05) is 6.58 Å². The quantitative estimate of drug-likeness (QED) is 0.665. The molecule has 2 amide bonds. The van der Waals surface area contributed by atoms with Gasteiger partial charge >= 0.3 is 0 Å². The van der Waals surface area contributed by atoms with Crippen LogP contribution in [0.4, 0.5) is 5.69 Å². The Bertz CT molecular complexity index is 564. The number of hydrogen-bond acceptors (Lipinski definition) is 4. The van der Waals surface area contributed by atoms with Gasteiger partial charge in [0.15, 0.2) is 0 Å². The second kappa shape index (κ2) is 8.17. The van der Waals surface area contributed by atoms with Crippen molar-refractivity contribution in [3.8, 4) is 0 Å². The molecule has 1 fully saturated rings. The molecule has 6 heteroatoms. The monoisotopic (exact) mass is 333 g/mol. The lowest BCUT2D eigenvalue weighted by Gasteiger charge is -2.31. The maximum atomic E-state index is 12.0. The lowest BCUT2D eigenvalue weighted by Crippen LogP contribution is -2.37. The minimum Gasteiger partial charge on any atom is -0.349 e. The topological polar surface area (TPSA) is 52.7 Å². The molecule has 124 valence electrons. The molecule has 0 saturated carbocycles. The first-order chi connectivity index (χ1) is 11.0. The van der Waals surface area contributed by atoms with Gasteiger partial charge in [-0.15, -0.1) is 0 Å². The highest BCUT2D eigenvalue weighted by molar-refractivity contribution is 7.97. The third kappa shape index (κ3) is 5.11. The van der Waals surface area contributed by atoms with Crippen LogP contribution in [0.15, 0.2) is 41.8 Å². The molecule has 1 aliphatic heterocycles. The molecule has 23 heavy (non-hydrogen) atoms. The summed E-state index contributed by atoms with van der Waals surface area (Å²) in [7, 11) is 3.63. The SMILES string of the molecule is C=CC(=O)Nc1ccc(SN2CCC(C(=O)N(C)C)CC2)cc1. The van der Waals surface area contributed by atoms with Crippen molar-refractivity contribution in [2.45, 2.75) is 17.7 Å². The van der Waals surface area contributed by atoms with Crippen LogP contribution in [0.5, 0.6) is 0 Å². The van der Waals surface area contributed by atoms with Gasteiger partial charge in [-0.3, -0.25) is 9.59 Å². The molecular weight excluding hydrogens is 310 g/mol. The minimum atomic E-state index is -0.210. The molecule has 0 unspecified atom stereocenters. The van der Waals surface area contributed by atoms with E-state index in [0.29, 0.717) is 0 Å². The summed E-state index contributed by atoms with van der Waals surface area (Å²) in [6, 6.07) is 7.74. The molecule has 0 bridgehead atoms. The van der Waals surface area contributed by atoms with E-state index in [1.54, 1.807) is 16.8 Å². The summed E-state index contributed by atoms with van der Waals surface area (Å²) >= 11 is 1.70. The van der Waals surface area contributed by atoms with Crippen molar-refractivity contribution in [1.82, 2.24) is 9.21 Å². The number of carbonyl (C=O) groups is 2. The molecule has 0 aliphatic carbocycles. The zero-order valence-electron chi connectivity index (χ0n) is 13.6. The summed E-state index contributed by atoms with van der Waals surface area (Å²) in [6.07, 6.45) is 3.05. The smallest absolute Gasteiger partial charge is 0.247 e. The summed E-state index contributed by atoms with van der Waals surface area (Å²) in [5.74, 6) is 0.174. The van der Waals surface area contributed by atoms with E-state index in [-0.39, 0.29) is 17.7 Å². The van der Waals surface area contributed by atoms with Crippen molar-refractivity contribution in [3.63, 3.8) is 0 Å². The van der Waals surface area contributed by atoms with Gasteiger partial charge in [0.2, 0.25) is 11.8 Å². The fourth-order valence-corrected chi connectivity index (χ4v) is 3.45. The zero-order valence-corrected chi connectivity index (χ0v) is 14.4. The van der Waals surface area contributed by atoms with Crippen LogP contribution in [0, 0.1) is 5.92 Å². The van der Waals surface area contributed by atoms with Crippen molar-refractivity contribution in [2.75, 3.05) is 32.5 Å². The van der Waals surface area contributed by atoms with E-state index in [0.717, 1.165) is 36.5 Å². The summed E-state index contributed by atoms with van der Waals surface area (Å²) in [6.45, 7) is 5.24. The van der Waals surface area contributed by atoms with Crippen molar-refractivity contribution in [2.24, 2.45) is 5.92 Å².